The zero-order chi connectivity index (χ0) is 62.5. The van der Waals surface area contributed by atoms with Crippen molar-refractivity contribution in [2.75, 3.05) is 39.6 Å². The minimum Gasteiger partial charge on any atom is -0.462 e. The molecule has 0 heterocycles. The first-order valence-electron chi connectivity index (χ1n) is 33.9. The van der Waals surface area contributed by atoms with Gasteiger partial charge in [-0.1, -0.05) is 261 Å². The smallest absolute Gasteiger partial charge is 0.462 e. The molecular weight excluding hydrogens is 1110 g/mol. The largest absolute Gasteiger partial charge is 0.472 e. The molecular formula is C65H126O17P2. The van der Waals surface area contributed by atoms with E-state index in [-0.39, 0.29) is 25.7 Å². The van der Waals surface area contributed by atoms with E-state index in [0.717, 1.165) is 120 Å². The molecule has 0 rings (SSSR count). The van der Waals surface area contributed by atoms with Crippen LogP contribution in [0.3, 0.4) is 0 Å². The number of phosphoric ester groups is 2. The van der Waals surface area contributed by atoms with Gasteiger partial charge < -0.3 is 33.8 Å². The normalized spacial score (nSPS) is 15.7. The SMILES string of the molecule is CCC(C)CCCCCCCCCCC(=O)OC[C@H](COP(=O)(O)OC[C@@H](O)COP(=O)(O)OC[C@@H](COC(=O)CCCCCCCCC(C)CC)OC(=O)CCCCCCCCC(C)CC)OC(=O)CCCCCCCCCCC(C)CC. The van der Waals surface area contributed by atoms with E-state index in [0.29, 0.717) is 25.7 Å². The summed E-state index contributed by atoms with van der Waals surface area (Å²) in [5.74, 6) is 0.857. The fourth-order valence-corrected chi connectivity index (χ4v) is 11.1. The van der Waals surface area contributed by atoms with Gasteiger partial charge in [-0.25, -0.2) is 9.13 Å². The maximum Gasteiger partial charge on any atom is 0.472 e. The summed E-state index contributed by atoms with van der Waals surface area (Å²) in [6.45, 7) is 14.0. The number of unbranched alkanes of at least 4 members (excludes halogenated alkanes) is 24. The summed E-state index contributed by atoms with van der Waals surface area (Å²) < 4.78 is 68.0. The number of aliphatic hydroxyl groups is 1. The molecule has 0 aliphatic carbocycles. The average Bonchev–Trinajstić information content (AvgIpc) is 3.58. The van der Waals surface area contributed by atoms with Crippen LogP contribution in [0.2, 0.25) is 0 Å². The molecule has 0 aromatic heterocycles. The molecule has 498 valence electrons. The molecule has 0 fully saturated rings. The summed E-state index contributed by atoms with van der Waals surface area (Å²) in [5, 5.41) is 10.5. The van der Waals surface area contributed by atoms with Crippen LogP contribution in [0.15, 0.2) is 0 Å². The third-order valence-corrected chi connectivity index (χ3v) is 18.2. The Kier molecular flexibility index (Phi) is 53.9. The second-order valence-electron chi connectivity index (χ2n) is 24.5. The van der Waals surface area contributed by atoms with Gasteiger partial charge in [0.15, 0.2) is 12.2 Å². The highest BCUT2D eigenvalue weighted by Crippen LogP contribution is 2.45. The van der Waals surface area contributed by atoms with E-state index < -0.39 is 97.5 Å². The molecule has 6 unspecified atom stereocenters. The van der Waals surface area contributed by atoms with Crippen LogP contribution in [0.1, 0.15) is 312 Å². The van der Waals surface area contributed by atoms with Crippen molar-refractivity contribution in [1.29, 1.82) is 0 Å². The Morgan fingerprint density at radius 1 is 0.321 bits per heavy atom. The molecule has 0 aliphatic rings. The fourth-order valence-electron chi connectivity index (χ4n) is 9.48. The average molecular weight is 1240 g/mol. The molecule has 0 aliphatic heterocycles. The van der Waals surface area contributed by atoms with Gasteiger partial charge in [-0.2, -0.15) is 0 Å². The summed E-state index contributed by atoms with van der Waals surface area (Å²) in [5.41, 5.74) is 0. The molecule has 0 radical (unpaired) electrons. The maximum atomic E-state index is 13.0. The zero-order valence-corrected chi connectivity index (χ0v) is 56.3. The highest BCUT2D eigenvalue weighted by molar-refractivity contribution is 7.47. The Balaban J connectivity index is 5.28. The Morgan fingerprint density at radius 2 is 0.536 bits per heavy atom. The van der Waals surface area contributed by atoms with Crippen LogP contribution in [-0.4, -0.2) is 96.7 Å². The first-order chi connectivity index (χ1) is 40.2. The van der Waals surface area contributed by atoms with Crippen LogP contribution in [0.4, 0.5) is 0 Å². The predicted octanol–water partition coefficient (Wildman–Crippen LogP) is 17.8. The molecule has 0 bridgehead atoms. The maximum absolute atomic E-state index is 13.0. The standard InChI is InChI=1S/C65H126O17P2/c1-9-55(5)41-33-25-17-13-15-19-29-37-45-62(67)75-51-60(81-64(69)47-39-31-20-16-14-18-26-34-42-56(6)10-2)53-79-83(71,72)77-49-59(66)50-78-84(73,74)80-54-61(82-65(70)48-40-32-24-22-28-36-44-58(8)12-4)52-76-63(68)46-38-30-23-21-27-35-43-57(7)11-3/h55-61,66H,9-54H2,1-8H3,(H,71,72)(H,73,74)/t55?,56?,57?,58?,59-,60-,61-/m1/s1. The Morgan fingerprint density at radius 3 is 0.786 bits per heavy atom. The van der Waals surface area contributed by atoms with Crippen molar-refractivity contribution < 1.29 is 80.2 Å². The third-order valence-electron chi connectivity index (χ3n) is 16.3. The van der Waals surface area contributed by atoms with Crippen molar-refractivity contribution in [3.63, 3.8) is 0 Å². The topological polar surface area (TPSA) is 237 Å². The van der Waals surface area contributed by atoms with Gasteiger partial charge >= 0.3 is 39.5 Å². The third kappa shape index (κ3) is 54.2. The second-order valence-corrected chi connectivity index (χ2v) is 27.4. The van der Waals surface area contributed by atoms with E-state index in [1.54, 1.807) is 0 Å². The van der Waals surface area contributed by atoms with E-state index >= 15 is 0 Å². The van der Waals surface area contributed by atoms with Crippen LogP contribution >= 0.6 is 15.6 Å². The Bertz CT molecular complexity index is 1690. The van der Waals surface area contributed by atoms with Gasteiger partial charge in [0, 0.05) is 25.7 Å². The van der Waals surface area contributed by atoms with Crippen molar-refractivity contribution in [2.45, 2.75) is 331 Å². The lowest BCUT2D eigenvalue weighted by molar-refractivity contribution is -0.161. The highest BCUT2D eigenvalue weighted by atomic mass is 31.2. The number of hydrogen-bond donors (Lipinski definition) is 3. The minimum absolute atomic E-state index is 0.101. The van der Waals surface area contributed by atoms with Crippen molar-refractivity contribution in [2.24, 2.45) is 23.7 Å². The molecule has 0 saturated carbocycles. The van der Waals surface area contributed by atoms with Gasteiger partial charge in [0.05, 0.1) is 26.4 Å². The first kappa shape index (κ1) is 82.1. The van der Waals surface area contributed by atoms with Gasteiger partial charge in [0.2, 0.25) is 0 Å². The van der Waals surface area contributed by atoms with E-state index in [9.17, 15) is 43.2 Å². The van der Waals surface area contributed by atoms with E-state index in [1.807, 2.05) is 0 Å². The van der Waals surface area contributed by atoms with E-state index in [4.69, 9.17) is 37.0 Å². The Hall–Kier alpha value is -1.94. The number of phosphoric acid groups is 2. The van der Waals surface area contributed by atoms with Crippen molar-refractivity contribution >= 4 is 39.5 Å². The van der Waals surface area contributed by atoms with Crippen molar-refractivity contribution in [1.82, 2.24) is 0 Å². The lowest BCUT2D eigenvalue weighted by atomic mass is 9.99. The number of aliphatic hydroxyl groups excluding tert-OH is 1. The predicted molar refractivity (Wildman–Crippen MR) is 335 cm³/mol. The zero-order valence-electron chi connectivity index (χ0n) is 54.5. The van der Waals surface area contributed by atoms with E-state index in [1.165, 1.54) is 109 Å². The van der Waals surface area contributed by atoms with Gasteiger partial charge in [-0.05, 0) is 49.4 Å². The number of carbonyl (C=O) groups excluding carboxylic acids is 4. The van der Waals surface area contributed by atoms with Crippen molar-refractivity contribution in [3.8, 4) is 0 Å². The molecule has 0 aromatic carbocycles. The Labute approximate surface area is 511 Å². The quantitative estimate of drug-likeness (QED) is 0.0222. The summed E-state index contributed by atoms with van der Waals surface area (Å²) in [6.07, 6.45) is 34.8. The lowest BCUT2D eigenvalue weighted by Gasteiger charge is -2.21. The van der Waals surface area contributed by atoms with Crippen LogP contribution < -0.4 is 0 Å². The summed E-state index contributed by atoms with van der Waals surface area (Å²) in [6, 6.07) is 0. The van der Waals surface area contributed by atoms with Gasteiger partial charge in [-0.15, -0.1) is 0 Å². The molecule has 0 spiro atoms. The summed E-state index contributed by atoms with van der Waals surface area (Å²) in [7, 11) is -9.89. The number of esters is 4. The first-order valence-corrected chi connectivity index (χ1v) is 36.8. The van der Waals surface area contributed by atoms with E-state index in [2.05, 4.69) is 55.4 Å². The van der Waals surface area contributed by atoms with Crippen LogP contribution in [-0.2, 0) is 65.4 Å². The molecule has 17 nitrogen and oxygen atoms in total. The highest BCUT2D eigenvalue weighted by Gasteiger charge is 2.30. The molecule has 9 atom stereocenters. The van der Waals surface area contributed by atoms with Crippen LogP contribution in [0.5, 0.6) is 0 Å². The van der Waals surface area contributed by atoms with Crippen LogP contribution in [0.25, 0.3) is 0 Å². The van der Waals surface area contributed by atoms with Gasteiger partial charge in [0.1, 0.15) is 19.3 Å². The van der Waals surface area contributed by atoms with Crippen LogP contribution in [0, 0.1) is 23.7 Å². The number of hydrogen-bond acceptors (Lipinski definition) is 15. The molecule has 0 aromatic rings. The lowest BCUT2D eigenvalue weighted by Crippen LogP contribution is -2.30. The van der Waals surface area contributed by atoms with Crippen molar-refractivity contribution in [3.05, 3.63) is 0 Å². The molecule has 0 amide bonds. The molecule has 0 saturated heterocycles. The number of ether oxygens (including phenoxy) is 4. The molecule has 19 heteroatoms. The second kappa shape index (κ2) is 55.2. The fraction of sp³-hybridized carbons (Fsp3) is 0.938. The monoisotopic (exact) mass is 1240 g/mol. The van der Waals surface area contributed by atoms with Gasteiger partial charge in [0.25, 0.3) is 0 Å². The minimum atomic E-state index is -4.95. The molecule has 84 heavy (non-hydrogen) atoms. The summed E-state index contributed by atoms with van der Waals surface area (Å²) in [4.78, 5) is 72.3. The summed E-state index contributed by atoms with van der Waals surface area (Å²) >= 11 is 0. The molecule has 3 N–H and O–H groups in total. The number of carbonyl (C=O) groups is 4. The number of rotatable bonds is 62. The van der Waals surface area contributed by atoms with Gasteiger partial charge in [-0.3, -0.25) is 37.3 Å².